The SMILES string of the molecule is CCCCCCC1CC=[13C](Cl)C1. The molecule has 12 heavy (non-hydrogen) atoms. The maximum Gasteiger partial charge on any atom is 0.0144 e. The van der Waals surface area contributed by atoms with Gasteiger partial charge in [-0.15, -0.1) is 0 Å². The standard InChI is InChI=1S/C11H19Cl/c1-2-3-4-5-6-10-7-8-11(12)9-10/h8,10H,2-7,9H2,1H3/i11+1. The van der Waals surface area contributed by atoms with Crippen LogP contribution in [0.2, 0.25) is 0 Å². The molecule has 0 N–H and O–H groups in total. The molecule has 0 aromatic rings. The first-order valence-corrected chi connectivity index (χ1v) is 5.55. The van der Waals surface area contributed by atoms with Gasteiger partial charge in [0, 0.05) is 5.03 Å². The molecule has 0 saturated heterocycles. The monoisotopic (exact) mass is 187 g/mol. The lowest BCUT2D eigenvalue weighted by molar-refractivity contribution is 0.478. The molecule has 0 aromatic heterocycles. The molecular formula is C11H19Cl. The minimum absolute atomic E-state index is 0.870. The van der Waals surface area contributed by atoms with E-state index in [2.05, 4.69) is 13.0 Å². The highest BCUT2D eigenvalue weighted by molar-refractivity contribution is 6.29. The van der Waals surface area contributed by atoms with Gasteiger partial charge in [0.2, 0.25) is 0 Å². The molecule has 1 rings (SSSR count). The van der Waals surface area contributed by atoms with Crippen LogP contribution in [0.1, 0.15) is 51.9 Å². The van der Waals surface area contributed by atoms with Crippen molar-refractivity contribution >= 4 is 11.6 Å². The first kappa shape index (κ1) is 10.1. The van der Waals surface area contributed by atoms with Gasteiger partial charge in [0.1, 0.15) is 0 Å². The lowest BCUT2D eigenvalue weighted by atomic mass is 10.00. The number of unbranched alkanes of at least 4 members (excludes halogenated alkanes) is 3. The van der Waals surface area contributed by atoms with E-state index in [1.54, 1.807) is 0 Å². The zero-order valence-electron chi connectivity index (χ0n) is 7.98. The molecule has 0 heterocycles. The van der Waals surface area contributed by atoms with E-state index in [-0.39, 0.29) is 0 Å². The fourth-order valence-electron chi connectivity index (χ4n) is 1.82. The van der Waals surface area contributed by atoms with Gasteiger partial charge in [0.25, 0.3) is 0 Å². The van der Waals surface area contributed by atoms with Crippen molar-refractivity contribution in [3.05, 3.63) is 11.1 Å². The second kappa shape index (κ2) is 5.64. The van der Waals surface area contributed by atoms with Gasteiger partial charge in [-0.25, -0.2) is 0 Å². The lowest BCUT2D eigenvalue weighted by Crippen LogP contribution is -1.93. The van der Waals surface area contributed by atoms with Crippen molar-refractivity contribution < 1.29 is 0 Å². The highest BCUT2D eigenvalue weighted by atomic mass is 35.5. The van der Waals surface area contributed by atoms with E-state index in [0.717, 1.165) is 17.4 Å². The largest absolute Gasteiger partial charge is 0.0895 e. The zero-order valence-corrected chi connectivity index (χ0v) is 8.74. The Morgan fingerprint density at radius 1 is 1.42 bits per heavy atom. The van der Waals surface area contributed by atoms with Gasteiger partial charge >= 0.3 is 0 Å². The van der Waals surface area contributed by atoms with E-state index in [0.29, 0.717) is 0 Å². The van der Waals surface area contributed by atoms with Crippen LogP contribution in [0.3, 0.4) is 0 Å². The van der Waals surface area contributed by atoms with E-state index in [1.165, 1.54) is 38.5 Å². The van der Waals surface area contributed by atoms with Crippen LogP contribution in [-0.4, -0.2) is 0 Å². The summed E-state index contributed by atoms with van der Waals surface area (Å²) >= 11 is 5.91. The maximum atomic E-state index is 5.91. The van der Waals surface area contributed by atoms with Gasteiger partial charge in [0.05, 0.1) is 0 Å². The van der Waals surface area contributed by atoms with Crippen molar-refractivity contribution in [1.82, 2.24) is 0 Å². The smallest absolute Gasteiger partial charge is 0.0144 e. The fourth-order valence-corrected chi connectivity index (χ4v) is 2.12. The molecule has 0 radical (unpaired) electrons. The molecule has 0 bridgehead atoms. The fraction of sp³-hybridized carbons (Fsp3) is 0.818. The van der Waals surface area contributed by atoms with E-state index < -0.39 is 0 Å². The van der Waals surface area contributed by atoms with Crippen LogP contribution in [0.25, 0.3) is 0 Å². The summed E-state index contributed by atoms with van der Waals surface area (Å²) in [5.41, 5.74) is 0. The number of halogens is 1. The zero-order chi connectivity index (χ0) is 8.81. The third-order valence-corrected chi connectivity index (χ3v) is 2.93. The quantitative estimate of drug-likeness (QED) is 0.440. The van der Waals surface area contributed by atoms with E-state index >= 15 is 0 Å². The molecule has 0 amide bonds. The molecule has 0 saturated carbocycles. The molecular weight excluding hydrogens is 169 g/mol. The minimum atomic E-state index is 0.870. The van der Waals surface area contributed by atoms with Gasteiger partial charge in [-0.1, -0.05) is 50.3 Å². The predicted octanol–water partition coefficient (Wildman–Crippen LogP) is 4.49. The topological polar surface area (TPSA) is 0 Å². The number of allylic oxidation sites excluding steroid dienone is 2. The average molecular weight is 188 g/mol. The highest BCUT2D eigenvalue weighted by Gasteiger charge is 2.14. The number of hydrogen-bond acceptors (Lipinski definition) is 0. The van der Waals surface area contributed by atoms with E-state index in [4.69, 9.17) is 11.6 Å². The molecule has 0 nitrogen and oxygen atoms in total. The maximum absolute atomic E-state index is 5.91. The molecule has 70 valence electrons. The van der Waals surface area contributed by atoms with Crippen molar-refractivity contribution in [3.8, 4) is 0 Å². The average Bonchev–Trinajstić information content (AvgIpc) is 2.45. The van der Waals surface area contributed by atoms with Gasteiger partial charge in [-0.05, 0) is 25.2 Å². The molecule has 1 unspecified atom stereocenters. The van der Waals surface area contributed by atoms with Crippen molar-refractivity contribution in [2.75, 3.05) is 0 Å². The third-order valence-electron chi connectivity index (χ3n) is 2.62. The molecule has 1 aliphatic rings. The molecule has 1 atom stereocenters. The second-order valence-corrected chi connectivity index (χ2v) is 4.29. The summed E-state index contributed by atoms with van der Waals surface area (Å²) in [4.78, 5) is 0. The van der Waals surface area contributed by atoms with Crippen LogP contribution in [0.15, 0.2) is 11.1 Å². The highest BCUT2D eigenvalue weighted by Crippen LogP contribution is 2.31. The summed E-state index contributed by atoms with van der Waals surface area (Å²) < 4.78 is 0. The second-order valence-electron chi connectivity index (χ2n) is 3.81. The van der Waals surface area contributed by atoms with Gasteiger partial charge in [-0.2, -0.15) is 0 Å². The molecule has 1 heteroatoms. The Kier molecular flexibility index (Phi) is 4.75. The van der Waals surface area contributed by atoms with Crippen LogP contribution in [0, 0.1) is 5.92 Å². The summed E-state index contributed by atoms with van der Waals surface area (Å²) in [5.74, 6) is 0.870. The Morgan fingerprint density at radius 3 is 2.83 bits per heavy atom. The molecule has 0 fully saturated rings. The molecule has 0 spiro atoms. The molecule has 0 aromatic carbocycles. The summed E-state index contributed by atoms with van der Waals surface area (Å²) in [6, 6.07) is 0. The Balaban J connectivity index is 1.95. The minimum Gasteiger partial charge on any atom is -0.0895 e. The van der Waals surface area contributed by atoms with Crippen molar-refractivity contribution in [2.24, 2.45) is 5.92 Å². The molecule has 0 aliphatic heterocycles. The summed E-state index contributed by atoms with van der Waals surface area (Å²) in [6.45, 7) is 2.26. The Morgan fingerprint density at radius 2 is 2.25 bits per heavy atom. The first-order valence-electron chi connectivity index (χ1n) is 5.17. The van der Waals surface area contributed by atoms with E-state index in [9.17, 15) is 0 Å². The van der Waals surface area contributed by atoms with Crippen molar-refractivity contribution in [2.45, 2.75) is 51.9 Å². The van der Waals surface area contributed by atoms with E-state index in [1.807, 2.05) is 0 Å². The predicted molar refractivity (Wildman–Crippen MR) is 55.4 cm³/mol. The lowest BCUT2D eigenvalue weighted by Gasteiger charge is -2.07. The first-order chi connectivity index (χ1) is 5.83. The number of hydrogen-bond donors (Lipinski definition) is 0. The van der Waals surface area contributed by atoms with Crippen LogP contribution in [-0.2, 0) is 0 Å². The number of rotatable bonds is 5. The summed E-state index contributed by atoms with van der Waals surface area (Å²) in [6.07, 6.45) is 11.5. The van der Waals surface area contributed by atoms with Crippen LogP contribution < -0.4 is 0 Å². The summed E-state index contributed by atoms with van der Waals surface area (Å²) in [7, 11) is 0. The van der Waals surface area contributed by atoms with Gasteiger partial charge in [0.15, 0.2) is 0 Å². The summed E-state index contributed by atoms with van der Waals surface area (Å²) in [5, 5.41) is 1.09. The van der Waals surface area contributed by atoms with Gasteiger partial charge in [-0.3, -0.25) is 0 Å². The van der Waals surface area contributed by atoms with Crippen LogP contribution in [0.5, 0.6) is 0 Å². The van der Waals surface area contributed by atoms with Crippen molar-refractivity contribution in [1.29, 1.82) is 0 Å². The van der Waals surface area contributed by atoms with Crippen LogP contribution >= 0.6 is 11.6 Å². The third kappa shape index (κ3) is 3.62. The van der Waals surface area contributed by atoms with Gasteiger partial charge < -0.3 is 0 Å². The normalized spacial score (nSPS) is 22.8. The Hall–Kier alpha value is 0.0300. The molecule has 1 aliphatic carbocycles. The van der Waals surface area contributed by atoms with Crippen molar-refractivity contribution in [3.63, 3.8) is 0 Å². The Bertz CT molecular complexity index is 149. The van der Waals surface area contributed by atoms with Crippen LogP contribution in [0.4, 0.5) is 0 Å². The Labute approximate surface area is 81.0 Å².